The van der Waals surface area contributed by atoms with Crippen molar-refractivity contribution in [2.75, 3.05) is 24.3 Å². The average Bonchev–Trinajstić information content (AvgIpc) is 2.45. The first kappa shape index (κ1) is 13.9. The predicted octanol–water partition coefficient (Wildman–Crippen LogP) is 3.71. The van der Waals surface area contributed by atoms with Crippen molar-refractivity contribution in [3.8, 4) is 0 Å². The van der Waals surface area contributed by atoms with Gasteiger partial charge in [0.25, 0.3) is 5.69 Å². The molecule has 0 saturated carbocycles. The highest BCUT2D eigenvalue weighted by Crippen LogP contribution is 2.30. The first-order valence-electron chi connectivity index (χ1n) is 6.29. The number of aryl methyl sites for hydroxylation is 1. The van der Waals surface area contributed by atoms with E-state index in [9.17, 15) is 10.1 Å². The molecule has 2 rings (SSSR count). The minimum Gasteiger partial charge on any atom is -0.388 e. The summed E-state index contributed by atoms with van der Waals surface area (Å²) in [4.78, 5) is 12.5. The van der Waals surface area contributed by atoms with Crippen LogP contribution >= 0.6 is 0 Å². The number of hydrogen-bond donors (Lipinski definition) is 1. The molecule has 0 unspecified atom stereocenters. The van der Waals surface area contributed by atoms with E-state index in [1.54, 1.807) is 13.1 Å². The topological polar surface area (TPSA) is 58.4 Å². The van der Waals surface area contributed by atoms with Gasteiger partial charge in [0.1, 0.15) is 0 Å². The van der Waals surface area contributed by atoms with E-state index in [1.807, 2.05) is 49.2 Å². The molecule has 0 aromatic heterocycles. The SMILES string of the molecule is CNc1cc(N(C)c2cccc(C)c2)cc([N+](=O)[O-])c1. The number of nitro groups is 1. The Labute approximate surface area is 118 Å². The molecule has 0 spiro atoms. The highest BCUT2D eigenvalue weighted by Gasteiger charge is 2.12. The molecule has 0 bridgehead atoms. The molecule has 0 amide bonds. The lowest BCUT2D eigenvalue weighted by molar-refractivity contribution is -0.384. The Balaban J connectivity index is 2.45. The summed E-state index contributed by atoms with van der Waals surface area (Å²) in [6, 6.07) is 13.0. The predicted molar refractivity (Wildman–Crippen MR) is 81.9 cm³/mol. The normalized spacial score (nSPS) is 10.2. The molecular formula is C15H17N3O2. The van der Waals surface area contributed by atoms with Crippen molar-refractivity contribution >= 4 is 22.7 Å². The van der Waals surface area contributed by atoms with Crippen LogP contribution in [-0.2, 0) is 0 Å². The van der Waals surface area contributed by atoms with Gasteiger partial charge in [-0.15, -0.1) is 0 Å². The molecule has 5 nitrogen and oxygen atoms in total. The van der Waals surface area contributed by atoms with E-state index >= 15 is 0 Å². The number of nitrogens with zero attached hydrogens (tertiary/aromatic N) is 2. The van der Waals surface area contributed by atoms with Gasteiger partial charge >= 0.3 is 0 Å². The van der Waals surface area contributed by atoms with Gasteiger partial charge in [0.15, 0.2) is 0 Å². The van der Waals surface area contributed by atoms with E-state index in [2.05, 4.69) is 5.32 Å². The van der Waals surface area contributed by atoms with Crippen LogP contribution in [-0.4, -0.2) is 19.0 Å². The quantitative estimate of drug-likeness (QED) is 0.680. The highest BCUT2D eigenvalue weighted by atomic mass is 16.6. The van der Waals surface area contributed by atoms with Gasteiger partial charge in [-0.25, -0.2) is 0 Å². The second-order valence-corrected chi connectivity index (χ2v) is 4.64. The van der Waals surface area contributed by atoms with Crippen LogP contribution in [0.4, 0.5) is 22.7 Å². The lowest BCUT2D eigenvalue weighted by atomic mass is 10.2. The smallest absolute Gasteiger partial charge is 0.273 e. The zero-order valence-corrected chi connectivity index (χ0v) is 11.8. The van der Waals surface area contributed by atoms with Crippen LogP contribution < -0.4 is 10.2 Å². The summed E-state index contributed by atoms with van der Waals surface area (Å²) in [7, 11) is 3.64. The molecule has 0 aliphatic heterocycles. The van der Waals surface area contributed by atoms with Crippen molar-refractivity contribution in [3.63, 3.8) is 0 Å². The second-order valence-electron chi connectivity index (χ2n) is 4.64. The molecule has 0 aliphatic rings. The molecule has 0 radical (unpaired) electrons. The zero-order valence-electron chi connectivity index (χ0n) is 11.8. The molecular weight excluding hydrogens is 254 g/mol. The minimum atomic E-state index is -0.381. The molecule has 20 heavy (non-hydrogen) atoms. The first-order valence-corrected chi connectivity index (χ1v) is 6.29. The fourth-order valence-corrected chi connectivity index (χ4v) is 2.02. The number of nitro benzene ring substituents is 1. The molecule has 1 N–H and O–H groups in total. The molecule has 0 saturated heterocycles. The third-order valence-corrected chi connectivity index (χ3v) is 3.18. The van der Waals surface area contributed by atoms with Crippen molar-refractivity contribution in [1.29, 1.82) is 0 Å². The largest absolute Gasteiger partial charge is 0.388 e. The Kier molecular flexibility index (Phi) is 3.89. The van der Waals surface area contributed by atoms with E-state index < -0.39 is 0 Å². The van der Waals surface area contributed by atoms with Crippen molar-refractivity contribution < 1.29 is 4.92 Å². The van der Waals surface area contributed by atoms with E-state index in [0.717, 1.165) is 16.9 Å². The number of hydrogen-bond acceptors (Lipinski definition) is 4. The summed E-state index contributed by atoms with van der Waals surface area (Å²) < 4.78 is 0. The number of non-ortho nitro benzene ring substituents is 1. The van der Waals surface area contributed by atoms with Crippen molar-refractivity contribution in [3.05, 3.63) is 58.1 Å². The van der Waals surface area contributed by atoms with Gasteiger partial charge < -0.3 is 10.2 Å². The second kappa shape index (κ2) is 5.61. The molecule has 2 aromatic rings. The monoisotopic (exact) mass is 271 g/mol. The average molecular weight is 271 g/mol. The van der Waals surface area contributed by atoms with Crippen LogP contribution in [0.25, 0.3) is 0 Å². The Morgan fingerprint density at radius 1 is 1.15 bits per heavy atom. The summed E-state index contributed by atoms with van der Waals surface area (Å²) in [6.07, 6.45) is 0. The van der Waals surface area contributed by atoms with Crippen LogP contribution in [0.15, 0.2) is 42.5 Å². The molecule has 2 aromatic carbocycles. The van der Waals surface area contributed by atoms with Crippen LogP contribution in [0.5, 0.6) is 0 Å². The van der Waals surface area contributed by atoms with Gasteiger partial charge in [-0.1, -0.05) is 12.1 Å². The Morgan fingerprint density at radius 3 is 2.50 bits per heavy atom. The summed E-state index contributed by atoms with van der Waals surface area (Å²) in [5, 5.41) is 13.9. The molecule has 0 atom stereocenters. The number of rotatable bonds is 4. The van der Waals surface area contributed by atoms with Gasteiger partial charge in [-0.2, -0.15) is 0 Å². The Hall–Kier alpha value is -2.56. The third kappa shape index (κ3) is 2.88. The number of nitrogens with one attached hydrogen (secondary N) is 1. The summed E-state index contributed by atoms with van der Waals surface area (Å²) >= 11 is 0. The summed E-state index contributed by atoms with van der Waals surface area (Å²) in [5.41, 5.74) is 3.70. The van der Waals surface area contributed by atoms with Gasteiger partial charge in [0.05, 0.1) is 4.92 Å². The lowest BCUT2D eigenvalue weighted by Crippen LogP contribution is -2.10. The van der Waals surface area contributed by atoms with Crippen LogP contribution in [0.1, 0.15) is 5.56 Å². The highest BCUT2D eigenvalue weighted by molar-refractivity contribution is 5.70. The maximum absolute atomic E-state index is 11.0. The molecule has 0 heterocycles. The van der Waals surface area contributed by atoms with Crippen LogP contribution in [0, 0.1) is 17.0 Å². The maximum atomic E-state index is 11.0. The van der Waals surface area contributed by atoms with Crippen molar-refractivity contribution in [1.82, 2.24) is 0 Å². The lowest BCUT2D eigenvalue weighted by Gasteiger charge is -2.20. The first-order chi connectivity index (χ1) is 9.51. The van der Waals surface area contributed by atoms with E-state index in [-0.39, 0.29) is 10.6 Å². The van der Waals surface area contributed by atoms with Crippen molar-refractivity contribution in [2.45, 2.75) is 6.92 Å². The van der Waals surface area contributed by atoms with Gasteiger partial charge in [-0.05, 0) is 30.7 Å². The molecule has 104 valence electrons. The van der Waals surface area contributed by atoms with Gasteiger partial charge in [0, 0.05) is 43.3 Å². The molecule has 5 heteroatoms. The number of anilines is 3. The van der Waals surface area contributed by atoms with Crippen LogP contribution in [0.2, 0.25) is 0 Å². The standard InChI is InChI=1S/C15H17N3O2/c1-11-5-4-6-13(7-11)17(3)14-8-12(16-2)9-15(10-14)18(19)20/h4-10,16H,1-3H3. The molecule has 0 aliphatic carbocycles. The fraction of sp³-hybridized carbons (Fsp3) is 0.200. The fourth-order valence-electron chi connectivity index (χ4n) is 2.02. The van der Waals surface area contributed by atoms with Gasteiger partial charge in [-0.3, -0.25) is 10.1 Å². The summed E-state index contributed by atoms with van der Waals surface area (Å²) in [6.45, 7) is 2.02. The van der Waals surface area contributed by atoms with E-state index in [4.69, 9.17) is 0 Å². The van der Waals surface area contributed by atoms with E-state index in [1.165, 1.54) is 6.07 Å². The van der Waals surface area contributed by atoms with Crippen molar-refractivity contribution in [2.24, 2.45) is 0 Å². The summed E-state index contributed by atoms with van der Waals surface area (Å²) in [5.74, 6) is 0. The third-order valence-electron chi connectivity index (χ3n) is 3.18. The Morgan fingerprint density at radius 2 is 1.90 bits per heavy atom. The minimum absolute atomic E-state index is 0.0753. The van der Waals surface area contributed by atoms with Gasteiger partial charge in [0.2, 0.25) is 0 Å². The van der Waals surface area contributed by atoms with Crippen LogP contribution in [0.3, 0.4) is 0 Å². The Bertz CT molecular complexity index is 641. The van der Waals surface area contributed by atoms with E-state index in [0.29, 0.717) is 5.69 Å². The zero-order chi connectivity index (χ0) is 14.7. The molecule has 0 fully saturated rings. The maximum Gasteiger partial charge on any atom is 0.273 e. The number of benzene rings is 2.